The highest BCUT2D eigenvalue weighted by Gasteiger charge is 2.06. The Hall–Kier alpha value is -3.15. The van der Waals surface area contributed by atoms with Crippen LogP contribution in [0.4, 0.5) is 5.69 Å². The molecule has 31 heavy (non-hydrogen) atoms. The summed E-state index contributed by atoms with van der Waals surface area (Å²) in [5.41, 5.74) is 5.54. The van der Waals surface area contributed by atoms with Crippen LogP contribution in [0, 0.1) is 11.3 Å². The largest absolute Gasteiger partial charge is 0.488 e. The van der Waals surface area contributed by atoms with Crippen LogP contribution >= 0.6 is 31.9 Å². The van der Waals surface area contributed by atoms with Gasteiger partial charge in [0, 0.05) is 15.7 Å². The van der Waals surface area contributed by atoms with Crippen LogP contribution in [-0.2, 0) is 11.4 Å². The minimum absolute atomic E-state index is 0.111. The topological polar surface area (TPSA) is 86.5 Å². The number of amides is 1. The van der Waals surface area contributed by atoms with Crippen LogP contribution in [-0.4, -0.2) is 18.7 Å². The maximum Gasteiger partial charge on any atom is 0.259 e. The number of hydrazone groups is 1. The van der Waals surface area contributed by atoms with Crippen molar-refractivity contribution in [1.82, 2.24) is 5.43 Å². The van der Waals surface area contributed by atoms with Gasteiger partial charge in [0.1, 0.15) is 12.4 Å². The third-order valence-electron chi connectivity index (χ3n) is 4.18. The van der Waals surface area contributed by atoms with Crippen molar-refractivity contribution in [2.24, 2.45) is 5.10 Å². The summed E-state index contributed by atoms with van der Waals surface area (Å²) in [6.07, 6.45) is 1.55. The second kappa shape index (κ2) is 11.3. The van der Waals surface area contributed by atoms with Crippen LogP contribution in [0.3, 0.4) is 0 Å². The van der Waals surface area contributed by atoms with Gasteiger partial charge in [-0.15, -0.1) is 0 Å². The molecule has 0 saturated heterocycles. The smallest absolute Gasteiger partial charge is 0.259 e. The van der Waals surface area contributed by atoms with Gasteiger partial charge in [0.15, 0.2) is 0 Å². The molecule has 0 bridgehead atoms. The fourth-order valence-electron chi connectivity index (χ4n) is 2.59. The van der Waals surface area contributed by atoms with Gasteiger partial charge in [-0.25, -0.2) is 5.43 Å². The molecule has 3 aromatic rings. The maximum atomic E-state index is 11.9. The molecule has 0 radical (unpaired) electrons. The summed E-state index contributed by atoms with van der Waals surface area (Å²) in [5.74, 6) is 0.391. The first-order valence-electron chi connectivity index (χ1n) is 9.27. The van der Waals surface area contributed by atoms with Gasteiger partial charge in [0.25, 0.3) is 5.91 Å². The van der Waals surface area contributed by atoms with Crippen LogP contribution in [0.5, 0.6) is 5.75 Å². The normalized spacial score (nSPS) is 10.5. The molecular formula is C23H18Br2N4O2. The zero-order valence-electron chi connectivity index (χ0n) is 16.3. The Labute approximate surface area is 197 Å². The highest BCUT2D eigenvalue weighted by Crippen LogP contribution is 2.26. The number of nitrogens with one attached hydrogen (secondary N) is 2. The van der Waals surface area contributed by atoms with Gasteiger partial charge in [-0.3, -0.25) is 4.79 Å². The minimum atomic E-state index is -0.255. The molecule has 3 rings (SSSR count). The quantitative estimate of drug-likeness (QED) is 0.302. The number of nitriles is 1. The number of anilines is 1. The number of hydrogen-bond donors (Lipinski definition) is 2. The summed E-state index contributed by atoms with van der Waals surface area (Å²) in [4.78, 5) is 11.9. The van der Waals surface area contributed by atoms with Crippen molar-refractivity contribution in [3.8, 4) is 11.8 Å². The molecule has 0 aliphatic rings. The lowest BCUT2D eigenvalue weighted by atomic mass is 10.1. The first kappa shape index (κ1) is 22.5. The van der Waals surface area contributed by atoms with Crippen molar-refractivity contribution in [2.45, 2.75) is 6.61 Å². The molecule has 0 fully saturated rings. The Morgan fingerprint density at radius 3 is 2.61 bits per heavy atom. The third-order valence-corrected chi connectivity index (χ3v) is 5.33. The molecule has 0 unspecified atom stereocenters. The van der Waals surface area contributed by atoms with E-state index in [1.54, 1.807) is 18.3 Å². The number of ether oxygens (including phenoxy) is 1. The van der Waals surface area contributed by atoms with Gasteiger partial charge >= 0.3 is 0 Å². The molecule has 0 heterocycles. The summed E-state index contributed by atoms with van der Waals surface area (Å²) >= 11 is 6.85. The molecular weight excluding hydrogens is 524 g/mol. The molecule has 156 valence electrons. The molecule has 2 N–H and O–H groups in total. The van der Waals surface area contributed by atoms with E-state index < -0.39 is 0 Å². The summed E-state index contributed by atoms with van der Waals surface area (Å²) in [6.45, 7) is 0.400. The molecule has 0 spiro atoms. The predicted octanol–water partition coefficient (Wildman–Crippen LogP) is 5.22. The molecule has 0 saturated carbocycles. The first-order chi connectivity index (χ1) is 15.0. The fourth-order valence-corrected chi connectivity index (χ4v) is 3.37. The van der Waals surface area contributed by atoms with Crippen molar-refractivity contribution in [3.05, 3.63) is 92.4 Å². The summed E-state index contributed by atoms with van der Waals surface area (Å²) in [7, 11) is 0. The van der Waals surface area contributed by atoms with Crippen molar-refractivity contribution < 1.29 is 9.53 Å². The van der Waals surface area contributed by atoms with Crippen LogP contribution in [0.2, 0.25) is 0 Å². The Balaban J connectivity index is 1.50. The lowest BCUT2D eigenvalue weighted by molar-refractivity contribution is -0.119. The van der Waals surface area contributed by atoms with E-state index in [0.29, 0.717) is 11.3 Å². The van der Waals surface area contributed by atoms with Crippen molar-refractivity contribution >= 4 is 49.7 Å². The highest BCUT2D eigenvalue weighted by molar-refractivity contribution is 9.10. The van der Waals surface area contributed by atoms with Crippen LogP contribution in [0.25, 0.3) is 0 Å². The van der Waals surface area contributed by atoms with Gasteiger partial charge in [-0.1, -0.05) is 34.1 Å². The molecule has 3 aromatic carbocycles. The van der Waals surface area contributed by atoms with E-state index in [1.165, 1.54) is 0 Å². The number of carbonyl (C=O) groups is 1. The minimum Gasteiger partial charge on any atom is -0.488 e. The van der Waals surface area contributed by atoms with Crippen molar-refractivity contribution in [2.75, 3.05) is 11.9 Å². The zero-order valence-corrected chi connectivity index (χ0v) is 19.5. The number of hydrogen-bond acceptors (Lipinski definition) is 5. The lowest BCUT2D eigenvalue weighted by Crippen LogP contribution is -2.25. The summed E-state index contributed by atoms with van der Waals surface area (Å²) in [5, 5.41) is 16.2. The number of benzene rings is 3. The van der Waals surface area contributed by atoms with E-state index in [2.05, 4.69) is 53.8 Å². The van der Waals surface area contributed by atoms with Gasteiger partial charge in [-0.05, 0) is 70.0 Å². The molecule has 6 nitrogen and oxygen atoms in total. The predicted molar refractivity (Wildman–Crippen MR) is 128 cm³/mol. The van der Waals surface area contributed by atoms with Gasteiger partial charge in [0.2, 0.25) is 0 Å². The molecule has 0 aliphatic heterocycles. The average Bonchev–Trinajstić information content (AvgIpc) is 2.78. The first-order valence-corrected chi connectivity index (χ1v) is 10.9. The SMILES string of the molecule is N#Cc1ccccc1COc1ccc(/C=N\NC(=O)CNc2ccc(Br)cc2)cc1Br. The fraction of sp³-hybridized carbons (Fsp3) is 0.0870. The van der Waals surface area contributed by atoms with Crippen molar-refractivity contribution in [3.63, 3.8) is 0 Å². The van der Waals surface area contributed by atoms with Gasteiger partial charge in [-0.2, -0.15) is 10.4 Å². The van der Waals surface area contributed by atoms with E-state index >= 15 is 0 Å². The summed E-state index contributed by atoms with van der Waals surface area (Å²) in [6, 6.07) is 22.5. The van der Waals surface area contributed by atoms with Crippen LogP contribution in [0.1, 0.15) is 16.7 Å². The highest BCUT2D eigenvalue weighted by atomic mass is 79.9. The number of nitrogens with zero attached hydrogens (tertiary/aromatic N) is 2. The average molecular weight is 542 g/mol. The monoisotopic (exact) mass is 540 g/mol. The molecule has 8 heteroatoms. The van der Waals surface area contributed by atoms with Crippen LogP contribution < -0.4 is 15.5 Å². The Morgan fingerprint density at radius 2 is 1.87 bits per heavy atom. The standard InChI is InChI=1S/C23H18Br2N4O2/c24-19-6-8-20(9-7-19)27-14-23(30)29-28-13-16-5-10-22(21(25)11-16)31-15-18-4-2-1-3-17(18)12-26/h1-11,13,27H,14-15H2,(H,29,30)/b28-13-. The molecule has 0 aliphatic carbocycles. The summed E-state index contributed by atoms with van der Waals surface area (Å²) < 4.78 is 7.54. The maximum absolute atomic E-state index is 11.9. The number of carbonyl (C=O) groups excluding carboxylic acids is 1. The van der Waals surface area contributed by atoms with E-state index in [1.807, 2.05) is 54.6 Å². The number of rotatable bonds is 8. The molecule has 0 aromatic heterocycles. The number of halogens is 2. The zero-order chi connectivity index (χ0) is 22.1. The Kier molecular flexibility index (Phi) is 8.21. The van der Waals surface area contributed by atoms with Crippen molar-refractivity contribution in [1.29, 1.82) is 5.26 Å². The molecule has 1 amide bonds. The van der Waals surface area contributed by atoms with Gasteiger partial charge in [0.05, 0.1) is 28.9 Å². The Bertz CT molecular complexity index is 1130. The van der Waals surface area contributed by atoms with Crippen LogP contribution in [0.15, 0.2) is 80.8 Å². The molecule has 0 atom stereocenters. The lowest BCUT2D eigenvalue weighted by Gasteiger charge is -2.10. The third kappa shape index (κ3) is 6.95. The van der Waals surface area contributed by atoms with E-state index in [0.717, 1.165) is 25.8 Å². The Morgan fingerprint density at radius 1 is 1.10 bits per heavy atom. The second-order valence-corrected chi connectivity index (χ2v) is 8.17. The second-order valence-electron chi connectivity index (χ2n) is 6.40. The van der Waals surface area contributed by atoms with E-state index in [9.17, 15) is 4.79 Å². The van der Waals surface area contributed by atoms with E-state index in [4.69, 9.17) is 10.00 Å². The van der Waals surface area contributed by atoms with Gasteiger partial charge < -0.3 is 10.1 Å². The van der Waals surface area contributed by atoms with E-state index in [-0.39, 0.29) is 19.1 Å².